The molecule has 0 aliphatic heterocycles. The lowest BCUT2D eigenvalue weighted by Crippen LogP contribution is -2.14. The van der Waals surface area contributed by atoms with Gasteiger partial charge in [0.1, 0.15) is 0 Å². The second-order valence-corrected chi connectivity index (χ2v) is 2.98. The smallest absolute Gasteiger partial charge is 0.0515 e. The Morgan fingerprint density at radius 1 is 1.73 bits per heavy atom. The molecule has 0 spiro atoms. The molecule has 0 amide bonds. The van der Waals surface area contributed by atoms with Crippen molar-refractivity contribution in [3.63, 3.8) is 0 Å². The fourth-order valence-electron chi connectivity index (χ4n) is 1.26. The van der Waals surface area contributed by atoms with E-state index in [1.165, 1.54) is 18.6 Å². The lowest BCUT2D eigenvalue weighted by atomic mass is 9.94. The molecule has 62 valence electrons. The summed E-state index contributed by atoms with van der Waals surface area (Å²) >= 11 is 0. The van der Waals surface area contributed by atoms with E-state index < -0.39 is 0 Å². The molecule has 0 saturated heterocycles. The van der Waals surface area contributed by atoms with Gasteiger partial charge in [0, 0.05) is 12.3 Å². The van der Waals surface area contributed by atoms with Crippen LogP contribution < -0.4 is 5.73 Å². The highest BCUT2D eigenvalue weighted by molar-refractivity contribution is 5.97. The van der Waals surface area contributed by atoms with Crippen LogP contribution in [-0.4, -0.2) is 18.8 Å². The summed E-state index contributed by atoms with van der Waals surface area (Å²) in [5.41, 5.74) is 6.58. The lowest BCUT2D eigenvalue weighted by Gasteiger charge is -2.14. The summed E-state index contributed by atoms with van der Waals surface area (Å²) in [6.07, 6.45) is 6.75. The van der Waals surface area contributed by atoms with Gasteiger partial charge in [-0.05, 0) is 24.8 Å². The maximum atomic E-state index is 5.36. The highest BCUT2D eigenvalue weighted by Crippen LogP contribution is 2.14. The minimum absolute atomic E-state index is 0.631. The molecule has 1 rings (SSSR count). The number of hydrogen-bond acceptors (Lipinski definition) is 2. The zero-order valence-electron chi connectivity index (χ0n) is 7.09. The molecule has 0 heterocycles. The van der Waals surface area contributed by atoms with Crippen molar-refractivity contribution in [3.05, 3.63) is 12.2 Å². The second kappa shape index (κ2) is 4.29. The molecule has 2 heteroatoms. The summed E-state index contributed by atoms with van der Waals surface area (Å²) in [5, 5.41) is 0. The summed E-state index contributed by atoms with van der Waals surface area (Å²) in [4.78, 5) is 4.39. The zero-order chi connectivity index (χ0) is 8.10. The van der Waals surface area contributed by atoms with Gasteiger partial charge in [0.15, 0.2) is 0 Å². The van der Waals surface area contributed by atoms with Gasteiger partial charge in [-0.25, -0.2) is 0 Å². The molecule has 0 aromatic carbocycles. The van der Waals surface area contributed by atoms with Gasteiger partial charge in [0.05, 0.1) is 6.54 Å². The minimum atomic E-state index is 0.631. The van der Waals surface area contributed by atoms with Crippen molar-refractivity contribution < 1.29 is 0 Å². The fraction of sp³-hybridized carbons (Fsp3) is 0.667. The highest BCUT2D eigenvalue weighted by atomic mass is 14.8. The van der Waals surface area contributed by atoms with Crippen molar-refractivity contribution in [3.8, 4) is 0 Å². The molecule has 0 fully saturated rings. The van der Waals surface area contributed by atoms with Gasteiger partial charge >= 0.3 is 0 Å². The molecule has 1 unspecified atom stereocenters. The van der Waals surface area contributed by atoms with Crippen LogP contribution in [0.15, 0.2) is 17.1 Å². The van der Waals surface area contributed by atoms with Crippen molar-refractivity contribution >= 4 is 5.71 Å². The summed E-state index contributed by atoms with van der Waals surface area (Å²) in [6.45, 7) is 3.65. The molecule has 0 radical (unpaired) electrons. The Morgan fingerprint density at radius 3 is 3.18 bits per heavy atom. The largest absolute Gasteiger partial charge is 0.329 e. The minimum Gasteiger partial charge on any atom is -0.329 e. The van der Waals surface area contributed by atoms with Crippen LogP contribution in [0.3, 0.4) is 0 Å². The first-order chi connectivity index (χ1) is 5.34. The SMILES string of the molecule is CC1CCC=CC1=NCCN. The summed E-state index contributed by atoms with van der Waals surface area (Å²) in [7, 11) is 0. The Bertz CT molecular complexity index is 170. The van der Waals surface area contributed by atoms with Crippen molar-refractivity contribution in [2.75, 3.05) is 13.1 Å². The molecule has 0 bridgehead atoms. The molecule has 2 nitrogen and oxygen atoms in total. The molecule has 1 aliphatic rings. The van der Waals surface area contributed by atoms with E-state index in [4.69, 9.17) is 5.73 Å². The zero-order valence-corrected chi connectivity index (χ0v) is 7.09. The third kappa shape index (κ3) is 2.46. The molecule has 1 aliphatic carbocycles. The van der Waals surface area contributed by atoms with Crippen LogP contribution in [0.5, 0.6) is 0 Å². The van der Waals surface area contributed by atoms with Gasteiger partial charge in [-0.1, -0.05) is 13.0 Å². The van der Waals surface area contributed by atoms with E-state index >= 15 is 0 Å². The Hall–Kier alpha value is -0.630. The number of aliphatic imine (C=N–C) groups is 1. The van der Waals surface area contributed by atoms with E-state index in [0.29, 0.717) is 12.5 Å². The van der Waals surface area contributed by atoms with Crippen molar-refractivity contribution in [1.29, 1.82) is 0 Å². The van der Waals surface area contributed by atoms with E-state index in [1.54, 1.807) is 0 Å². The molecule has 0 aromatic heterocycles. The normalized spacial score (nSPS) is 27.8. The van der Waals surface area contributed by atoms with Crippen LogP contribution >= 0.6 is 0 Å². The van der Waals surface area contributed by atoms with Gasteiger partial charge in [-0.2, -0.15) is 0 Å². The predicted molar refractivity (Wildman–Crippen MR) is 48.9 cm³/mol. The molecule has 0 aromatic rings. The number of hydrogen-bond donors (Lipinski definition) is 1. The maximum absolute atomic E-state index is 5.36. The Morgan fingerprint density at radius 2 is 2.55 bits per heavy atom. The summed E-state index contributed by atoms with van der Waals surface area (Å²) in [6, 6.07) is 0. The second-order valence-electron chi connectivity index (χ2n) is 2.98. The fourth-order valence-corrected chi connectivity index (χ4v) is 1.26. The monoisotopic (exact) mass is 152 g/mol. The third-order valence-corrected chi connectivity index (χ3v) is 1.98. The van der Waals surface area contributed by atoms with E-state index in [0.717, 1.165) is 6.54 Å². The third-order valence-electron chi connectivity index (χ3n) is 1.98. The Balaban J connectivity index is 2.53. The Labute approximate surface area is 68.2 Å². The molecular weight excluding hydrogens is 136 g/mol. The van der Waals surface area contributed by atoms with Crippen LogP contribution in [0, 0.1) is 5.92 Å². The van der Waals surface area contributed by atoms with Crippen molar-refractivity contribution in [2.24, 2.45) is 16.6 Å². The first-order valence-electron chi connectivity index (χ1n) is 4.25. The summed E-state index contributed by atoms with van der Waals surface area (Å²) in [5.74, 6) is 0.631. The van der Waals surface area contributed by atoms with Gasteiger partial charge in [-0.3, -0.25) is 4.99 Å². The quantitative estimate of drug-likeness (QED) is 0.637. The van der Waals surface area contributed by atoms with Gasteiger partial charge in [0.2, 0.25) is 0 Å². The van der Waals surface area contributed by atoms with Crippen LogP contribution in [0.2, 0.25) is 0 Å². The topological polar surface area (TPSA) is 38.4 Å². The van der Waals surface area contributed by atoms with Crippen molar-refractivity contribution in [1.82, 2.24) is 0 Å². The number of rotatable bonds is 2. The van der Waals surface area contributed by atoms with Crippen molar-refractivity contribution in [2.45, 2.75) is 19.8 Å². The van der Waals surface area contributed by atoms with Gasteiger partial charge < -0.3 is 5.73 Å². The summed E-state index contributed by atoms with van der Waals surface area (Å²) < 4.78 is 0. The molecule has 2 N–H and O–H groups in total. The van der Waals surface area contributed by atoms with E-state index in [1.807, 2.05) is 0 Å². The highest BCUT2D eigenvalue weighted by Gasteiger charge is 2.09. The predicted octanol–water partition coefficient (Wildman–Crippen LogP) is 1.37. The van der Waals surface area contributed by atoms with Crippen LogP contribution in [0.4, 0.5) is 0 Å². The molecular formula is C9H16N2. The van der Waals surface area contributed by atoms with Crippen LogP contribution in [0.1, 0.15) is 19.8 Å². The number of nitrogens with zero attached hydrogens (tertiary/aromatic N) is 1. The number of allylic oxidation sites excluding steroid dienone is 2. The average molecular weight is 152 g/mol. The number of nitrogens with two attached hydrogens (primary N) is 1. The first kappa shape index (κ1) is 8.47. The van der Waals surface area contributed by atoms with Gasteiger partial charge in [-0.15, -0.1) is 0 Å². The average Bonchev–Trinajstić information content (AvgIpc) is 2.03. The van der Waals surface area contributed by atoms with E-state index in [2.05, 4.69) is 24.1 Å². The van der Waals surface area contributed by atoms with Crippen LogP contribution in [0.25, 0.3) is 0 Å². The van der Waals surface area contributed by atoms with E-state index in [-0.39, 0.29) is 0 Å². The lowest BCUT2D eigenvalue weighted by molar-refractivity contribution is 0.680. The maximum Gasteiger partial charge on any atom is 0.0515 e. The molecule has 11 heavy (non-hydrogen) atoms. The van der Waals surface area contributed by atoms with Gasteiger partial charge in [0.25, 0.3) is 0 Å². The Kier molecular flexibility index (Phi) is 3.30. The molecule has 0 saturated carbocycles. The first-order valence-corrected chi connectivity index (χ1v) is 4.25. The van der Waals surface area contributed by atoms with Crippen LogP contribution in [-0.2, 0) is 0 Å². The standard InChI is InChI=1S/C9H16N2/c1-8-4-2-3-5-9(8)11-7-6-10/h3,5,8H,2,4,6-7,10H2,1H3. The van der Waals surface area contributed by atoms with E-state index in [9.17, 15) is 0 Å². The molecule has 1 atom stereocenters.